The van der Waals surface area contributed by atoms with Crippen molar-refractivity contribution in [3.63, 3.8) is 0 Å². The lowest BCUT2D eigenvalue weighted by molar-refractivity contribution is 0.995. The number of nitrogens with one attached hydrogen (secondary N) is 1. The lowest BCUT2D eigenvalue weighted by Gasteiger charge is -2.04. The summed E-state index contributed by atoms with van der Waals surface area (Å²) in [5.74, 6) is 0.665. The third kappa shape index (κ3) is 2.51. The Kier molecular flexibility index (Phi) is 3.04. The zero-order valence-corrected chi connectivity index (χ0v) is 8.46. The van der Waals surface area contributed by atoms with Crippen molar-refractivity contribution in [3.8, 4) is 6.07 Å². The maximum absolute atomic E-state index is 8.69. The first-order valence-electron chi connectivity index (χ1n) is 4.74. The minimum atomic E-state index is 0.396. The van der Waals surface area contributed by atoms with Gasteiger partial charge in [-0.05, 0) is 18.2 Å². The molecule has 16 heavy (non-hydrogen) atoms. The fourth-order valence-corrected chi connectivity index (χ4v) is 1.20. The first-order valence-corrected chi connectivity index (χ1v) is 4.74. The van der Waals surface area contributed by atoms with Gasteiger partial charge in [-0.25, -0.2) is 15.0 Å². The molecule has 0 radical (unpaired) electrons. The highest BCUT2D eigenvalue weighted by molar-refractivity contribution is 5.38. The number of anilines is 1. The maximum atomic E-state index is 8.69. The molecule has 0 spiro atoms. The lowest BCUT2D eigenvalue weighted by atomic mass is 10.3. The van der Waals surface area contributed by atoms with Crippen molar-refractivity contribution in [1.82, 2.24) is 15.0 Å². The minimum absolute atomic E-state index is 0.396. The molecule has 0 unspecified atom stereocenters. The van der Waals surface area contributed by atoms with Crippen LogP contribution in [0.3, 0.4) is 0 Å². The van der Waals surface area contributed by atoms with Gasteiger partial charge in [0.1, 0.15) is 23.9 Å². The molecule has 1 N–H and O–H groups in total. The molecule has 0 aromatic carbocycles. The van der Waals surface area contributed by atoms with E-state index in [0.717, 1.165) is 5.69 Å². The summed E-state index contributed by atoms with van der Waals surface area (Å²) in [6, 6.07) is 9.07. The van der Waals surface area contributed by atoms with Crippen LogP contribution in [0.5, 0.6) is 0 Å². The zero-order chi connectivity index (χ0) is 11.2. The molecule has 0 aliphatic rings. The molecule has 2 aromatic rings. The Morgan fingerprint density at radius 3 is 3.00 bits per heavy atom. The normalized spacial score (nSPS) is 9.44. The molecule has 0 fully saturated rings. The first kappa shape index (κ1) is 10.1. The largest absolute Gasteiger partial charge is 0.364 e. The molecule has 0 saturated carbocycles. The fraction of sp³-hybridized carbons (Fsp3) is 0.0909. The van der Waals surface area contributed by atoms with Crippen LogP contribution in [0.15, 0.2) is 36.8 Å². The molecular weight excluding hydrogens is 202 g/mol. The van der Waals surface area contributed by atoms with E-state index in [1.165, 1.54) is 6.33 Å². The van der Waals surface area contributed by atoms with E-state index >= 15 is 0 Å². The molecule has 0 aliphatic carbocycles. The standard InChI is InChI=1S/C11H9N5/c12-6-9-2-1-3-11(16-9)14-7-10-4-5-13-8-15-10/h1-5,8H,7H2,(H,14,16). The maximum Gasteiger partial charge on any atom is 0.142 e. The Hall–Kier alpha value is -2.48. The first-order chi connectivity index (χ1) is 7.88. The van der Waals surface area contributed by atoms with Crippen LogP contribution in [0.1, 0.15) is 11.4 Å². The van der Waals surface area contributed by atoms with E-state index < -0.39 is 0 Å². The van der Waals surface area contributed by atoms with Gasteiger partial charge >= 0.3 is 0 Å². The Morgan fingerprint density at radius 1 is 1.31 bits per heavy atom. The van der Waals surface area contributed by atoms with E-state index in [9.17, 15) is 0 Å². The van der Waals surface area contributed by atoms with Gasteiger partial charge in [0.25, 0.3) is 0 Å². The summed E-state index contributed by atoms with van der Waals surface area (Å²) in [4.78, 5) is 12.0. The summed E-state index contributed by atoms with van der Waals surface area (Å²) in [7, 11) is 0. The summed E-state index contributed by atoms with van der Waals surface area (Å²) in [5.41, 5.74) is 1.27. The Labute approximate surface area is 92.8 Å². The van der Waals surface area contributed by atoms with E-state index in [1.807, 2.05) is 18.2 Å². The van der Waals surface area contributed by atoms with Crippen LogP contribution in [0.4, 0.5) is 5.82 Å². The Bertz CT molecular complexity index is 503. The van der Waals surface area contributed by atoms with Crippen molar-refractivity contribution in [2.45, 2.75) is 6.54 Å². The molecule has 0 saturated heterocycles. The molecule has 78 valence electrons. The molecule has 0 amide bonds. The van der Waals surface area contributed by atoms with E-state index in [4.69, 9.17) is 5.26 Å². The van der Waals surface area contributed by atoms with Crippen LogP contribution in [-0.2, 0) is 6.54 Å². The highest BCUT2D eigenvalue weighted by atomic mass is 15.0. The molecule has 2 rings (SSSR count). The van der Waals surface area contributed by atoms with Gasteiger partial charge in [0.15, 0.2) is 0 Å². The van der Waals surface area contributed by atoms with Crippen molar-refractivity contribution < 1.29 is 0 Å². The Balaban J connectivity index is 2.03. The van der Waals surface area contributed by atoms with Crippen molar-refractivity contribution in [1.29, 1.82) is 5.26 Å². The van der Waals surface area contributed by atoms with Crippen LogP contribution in [-0.4, -0.2) is 15.0 Å². The van der Waals surface area contributed by atoms with Crippen LogP contribution < -0.4 is 5.32 Å². The number of hydrogen-bond donors (Lipinski definition) is 1. The van der Waals surface area contributed by atoms with Gasteiger partial charge < -0.3 is 5.32 Å². The molecule has 0 atom stereocenters. The quantitative estimate of drug-likeness (QED) is 0.829. The average molecular weight is 211 g/mol. The van der Waals surface area contributed by atoms with Gasteiger partial charge in [0.2, 0.25) is 0 Å². The zero-order valence-electron chi connectivity index (χ0n) is 8.46. The highest BCUT2D eigenvalue weighted by Crippen LogP contribution is 2.05. The second-order valence-corrected chi connectivity index (χ2v) is 3.07. The molecule has 0 aliphatic heterocycles. The van der Waals surface area contributed by atoms with Gasteiger partial charge in [-0.2, -0.15) is 5.26 Å². The summed E-state index contributed by atoms with van der Waals surface area (Å²) in [6.45, 7) is 0.560. The predicted octanol–water partition coefficient (Wildman–Crippen LogP) is 1.36. The molecule has 5 nitrogen and oxygen atoms in total. The number of nitriles is 1. The van der Waals surface area contributed by atoms with Crippen LogP contribution >= 0.6 is 0 Å². The lowest BCUT2D eigenvalue weighted by Crippen LogP contribution is -2.03. The molecule has 0 bridgehead atoms. The van der Waals surface area contributed by atoms with Crippen LogP contribution in [0, 0.1) is 11.3 Å². The average Bonchev–Trinajstić information content (AvgIpc) is 2.38. The summed E-state index contributed by atoms with van der Waals surface area (Å²) < 4.78 is 0. The monoisotopic (exact) mass is 211 g/mol. The molecule has 2 aromatic heterocycles. The van der Waals surface area contributed by atoms with Gasteiger partial charge in [-0.15, -0.1) is 0 Å². The van der Waals surface area contributed by atoms with Crippen molar-refractivity contribution >= 4 is 5.82 Å². The molecular formula is C11H9N5. The van der Waals surface area contributed by atoms with E-state index in [-0.39, 0.29) is 0 Å². The van der Waals surface area contributed by atoms with Gasteiger partial charge in [0, 0.05) is 6.20 Å². The Morgan fingerprint density at radius 2 is 2.25 bits per heavy atom. The second kappa shape index (κ2) is 4.84. The summed E-state index contributed by atoms with van der Waals surface area (Å²) >= 11 is 0. The third-order valence-electron chi connectivity index (χ3n) is 1.96. The van der Waals surface area contributed by atoms with Crippen molar-refractivity contribution in [2.24, 2.45) is 0 Å². The van der Waals surface area contributed by atoms with Crippen LogP contribution in [0.2, 0.25) is 0 Å². The number of aromatic nitrogens is 3. The van der Waals surface area contributed by atoms with Gasteiger partial charge in [-0.1, -0.05) is 6.07 Å². The SMILES string of the molecule is N#Cc1cccc(NCc2ccncn2)n1. The number of rotatable bonds is 3. The molecule has 2 heterocycles. The van der Waals surface area contributed by atoms with Crippen molar-refractivity contribution in [2.75, 3.05) is 5.32 Å². The smallest absolute Gasteiger partial charge is 0.142 e. The highest BCUT2D eigenvalue weighted by Gasteiger charge is 1.97. The second-order valence-electron chi connectivity index (χ2n) is 3.07. The number of pyridine rings is 1. The van der Waals surface area contributed by atoms with E-state index in [2.05, 4.69) is 20.3 Å². The topological polar surface area (TPSA) is 74.5 Å². The van der Waals surface area contributed by atoms with Crippen molar-refractivity contribution in [3.05, 3.63) is 48.2 Å². The minimum Gasteiger partial charge on any atom is -0.364 e. The van der Waals surface area contributed by atoms with Crippen LogP contribution in [0.25, 0.3) is 0 Å². The van der Waals surface area contributed by atoms with Gasteiger partial charge in [-0.3, -0.25) is 0 Å². The molecule has 5 heteroatoms. The predicted molar refractivity (Wildman–Crippen MR) is 58.3 cm³/mol. The van der Waals surface area contributed by atoms with Gasteiger partial charge in [0.05, 0.1) is 12.2 Å². The third-order valence-corrected chi connectivity index (χ3v) is 1.96. The summed E-state index contributed by atoms with van der Waals surface area (Å²) in [5, 5.41) is 11.8. The summed E-state index contributed by atoms with van der Waals surface area (Å²) in [6.07, 6.45) is 3.18. The van der Waals surface area contributed by atoms with E-state index in [0.29, 0.717) is 18.1 Å². The van der Waals surface area contributed by atoms with E-state index in [1.54, 1.807) is 18.3 Å². The number of nitrogens with zero attached hydrogens (tertiary/aromatic N) is 4. The fourth-order valence-electron chi connectivity index (χ4n) is 1.20. The number of hydrogen-bond acceptors (Lipinski definition) is 5.